The predicted octanol–water partition coefficient (Wildman–Crippen LogP) is 2.71. The summed E-state index contributed by atoms with van der Waals surface area (Å²) in [4.78, 5) is 24.0. The fraction of sp³-hybridized carbons (Fsp3) is 0.421. The molecule has 1 aliphatic carbocycles. The van der Waals surface area contributed by atoms with E-state index in [2.05, 4.69) is 15.2 Å². The number of benzene rings is 1. The minimum atomic E-state index is -0.0865. The Hall–Kier alpha value is -2.18. The summed E-state index contributed by atoms with van der Waals surface area (Å²) in [6.45, 7) is 3.07. The van der Waals surface area contributed by atoms with E-state index >= 15 is 0 Å². The van der Waals surface area contributed by atoms with Crippen LogP contribution in [0.4, 0.5) is 11.6 Å². The average Bonchev–Trinajstić information content (AvgIpc) is 2.69. The van der Waals surface area contributed by atoms with Crippen molar-refractivity contribution in [1.82, 2.24) is 9.97 Å². The van der Waals surface area contributed by atoms with E-state index in [1.165, 1.54) is 0 Å². The molecule has 1 aromatic heterocycles. The second-order valence-electron chi connectivity index (χ2n) is 6.65. The first-order valence-electron chi connectivity index (χ1n) is 8.93. The number of para-hydroxylation sites is 1. The van der Waals surface area contributed by atoms with Crippen molar-refractivity contribution in [1.29, 1.82) is 0 Å². The van der Waals surface area contributed by atoms with Gasteiger partial charge in [-0.1, -0.05) is 23.7 Å². The third-order valence-corrected chi connectivity index (χ3v) is 5.26. The summed E-state index contributed by atoms with van der Waals surface area (Å²) in [5.74, 6) is 0.684. The summed E-state index contributed by atoms with van der Waals surface area (Å²) >= 11 is 6.13. The van der Waals surface area contributed by atoms with Gasteiger partial charge in [0, 0.05) is 30.9 Å². The molecule has 1 saturated heterocycles. The Bertz CT molecular complexity index is 808. The SMILES string of the molecule is O=C(Nc1ccccc1Cl)[C@@H]1CCc2nc(N3CCOCC3)ncc2C1. The highest BCUT2D eigenvalue weighted by Crippen LogP contribution is 2.28. The van der Waals surface area contributed by atoms with Crippen molar-refractivity contribution in [2.24, 2.45) is 5.92 Å². The van der Waals surface area contributed by atoms with Crippen LogP contribution in [-0.2, 0) is 22.4 Å². The molecule has 2 heterocycles. The van der Waals surface area contributed by atoms with Gasteiger partial charge in [0.25, 0.3) is 0 Å². The number of carbonyl (C=O) groups is 1. The Labute approximate surface area is 157 Å². The molecule has 1 aromatic carbocycles. The summed E-state index contributed by atoms with van der Waals surface area (Å²) in [6.07, 6.45) is 4.11. The highest BCUT2D eigenvalue weighted by molar-refractivity contribution is 6.33. The lowest BCUT2D eigenvalue weighted by atomic mass is 9.86. The first-order chi connectivity index (χ1) is 12.7. The molecule has 2 aromatic rings. The number of rotatable bonds is 3. The number of anilines is 2. The van der Waals surface area contributed by atoms with Gasteiger partial charge in [-0.15, -0.1) is 0 Å². The molecule has 0 spiro atoms. The van der Waals surface area contributed by atoms with E-state index in [0.717, 1.165) is 43.1 Å². The fourth-order valence-corrected chi connectivity index (χ4v) is 3.62. The third-order valence-electron chi connectivity index (χ3n) is 4.93. The van der Waals surface area contributed by atoms with E-state index in [-0.39, 0.29) is 11.8 Å². The molecule has 2 aliphatic rings. The average molecular weight is 373 g/mol. The van der Waals surface area contributed by atoms with Crippen LogP contribution in [0.25, 0.3) is 0 Å². The van der Waals surface area contributed by atoms with Crippen LogP contribution in [0.3, 0.4) is 0 Å². The number of nitrogens with one attached hydrogen (secondary N) is 1. The molecule has 26 heavy (non-hydrogen) atoms. The van der Waals surface area contributed by atoms with Crippen LogP contribution in [0.15, 0.2) is 30.5 Å². The van der Waals surface area contributed by atoms with Gasteiger partial charge in [0.15, 0.2) is 0 Å². The van der Waals surface area contributed by atoms with E-state index < -0.39 is 0 Å². The number of morpholine rings is 1. The quantitative estimate of drug-likeness (QED) is 0.897. The lowest BCUT2D eigenvalue weighted by molar-refractivity contribution is -0.120. The molecule has 1 atom stereocenters. The van der Waals surface area contributed by atoms with Gasteiger partial charge in [-0.05, 0) is 37.0 Å². The number of halogens is 1. The van der Waals surface area contributed by atoms with E-state index in [4.69, 9.17) is 21.3 Å². The summed E-state index contributed by atoms with van der Waals surface area (Å²) in [5, 5.41) is 3.49. The topological polar surface area (TPSA) is 67.4 Å². The Morgan fingerprint density at radius 2 is 2.08 bits per heavy atom. The zero-order valence-corrected chi connectivity index (χ0v) is 15.2. The molecule has 1 amide bonds. The van der Waals surface area contributed by atoms with Crippen molar-refractivity contribution in [3.05, 3.63) is 46.7 Å². The predicted molar refractivity (Wildman–Crippen MR) is 101 cm³/mol. The highest BCUT2D eigenvalue weighted by Gasteiger charge is 2.27. The fourth-order valence-electron chi connectivity index (χ4n) is 3.43. The van der Waals surface area contributed by atoms with Crippen LogP contribution in [0.1, 0.15) is 17.7 Å². The maximum Gasteiger partial charge on any atom is 0.227 e. The number of fused-ring (bicyclic) bond motifs is 1. The second kappa shape index (κ2) is 7.60. The van der Waals surface area contributed by atoms with Gasteiger partial charge >= 0.3 is 0 Å². The van der Waals surface area contributed by atoms with Crippen molar-refractivity contribution < 1.29 is 9.53 Å². The number of hydrogen-bond donors (Lipinski definition) is 1. The van der Waals surface area contributed by atoms with Gasteiger partial charge in [-0.3, -0.25) is 4.79 Å². The maximum atomic E-state index is 12.6. The zero-order chi connectivity index (χ0) is 17.9. The van der Waals surface area contributed by atoms with Crippen LogP contribution in [0, 0.1) is 5.92 Å². The number of nitrogens with zero attached hydrogens (tertiary/aromatic N) is 3. The summed E-state index contributed by atoms with van der Waals surface area (Å²) in [5.41, 5.74) is 2.78. The van der Waals surface area contributed by atoms with Crippen molar-refractivity contribution in [2.75, 3.05) is 36.5 Å². The Balaban J connectivity index is 1.44. The molecule has 7 heteroatoms. The van der Waals surface area contributed by atoms with Crippen LogP contribution in [0.5, 0.6) is 0 Å². The first kappa shape index (κ1) is 17.2. The lowest BCUT2D eigenvalue weighted by Crippen LogP contribution is -2.38. The smallest absolute Gasteiger partial charge is 0.227 e. The minimum Gasteiger partial charge on any atom is -0.378 e. The van der Waals surface area contributed by atoms with E-state index in [0.29, 0.717) is 30.3 Å². The number of hydrogen-bond acceptors (Lipinski definition) is 5. The van der Waals surface area contributed by atoms with Crippen molar-refractivity contribution in [3.63, 3.8) is 0 Å². The molecule has 1 N–H and O–H groups in total. The molecule has 6 nitrogen and oxygen atoms in total. The van der Waals surface area contributed by atoms with Crippen molar-refractivity contribution >= 4 is 29.1 Å². The monoisotopic (exact) mass is 372 g/mol. The van der Waals surface area contributed by atoms with Gasteiger partial charge in [-0.25, -0.2) is 9.97 Å². The lowest BCUT2D eigenvalue weighted by Gasteiger charge is -2.28. The highest BCUT2D eigenvalue weighted by atomic mass is 35.5. The summed E-state index contributed by atoms with van der Waals surface area (Å²) in [6, 6.07) is 7.29. The van der Waals surface area contributed by atoms with Crippen LogP contribution >= 0.6 is 11.6 Å². The molecular formula is C19H21ClN4O2. The van der Waals surface area contributed by atoms with Crippen LogP contribution in [0.2, 0.25) is 5.02 Å². The molecule has 136 valence electrons. The van der Waals surface area contributed by atoms with Crippen molar-refractivity contribution in [3.8, 4) is 0 Å². The van der Waals surface area contributed by atoms with Gasteiger partial charge in [0.2, 0.25) is 11.9 Å². The van der Waals surface area contributed by atoms with E-state index in [1.54, 1.807) is 6.07 Å². The van der Waals surface area contributed by atoms with E-state index in [9.17, 15) is 4.79 Å². The largest absolute Gasteiger partial charge is 0.378 e. The van der Waals surface area contributed by atoms with Crippen LogP contribution < -0.4 is 10.2 Å². The Kier molecular flexibility index (Phi) is 5.04. The van der Waals surface area contributed by atoms with Crippen molar-refractivity contribution in [2.45, 2.75) is 19.3 Å². The third kappa shape index (κ3) is 3.66. The molecule has 0 bridgehead atoms. The maximum absolute atomic E-state index is 12.6. The summed E-state index contributed by atoms with van der Waals surface area (Å²) < 4.78 is 5.38. The number of aromatic nitrogens is 2. The molecule has 0 unspecified atom stereocenters. The van der Waals surface area contributed by atoms with Gasteiger partial charge in [-0.2, -0.15) is 0 Å². The normalized spacial score (nSPS) is 19.7. The Morgan fingerprint density at radius 1 is 1.27 bits per heavy atom. The molecule has 1 fully saturated rings. The second-order valence-corrected chi connectivity index (χ2v) is 7.06. The van der Waals surface area contributed by atoms with Gasteiger partial charge in [0.05, 0.1) is 23.9 Å². The standard InChI is InChI=1S/C19H21ClN4O2/c20-15-3-1-2-4-17(15)22-18(25)13-5-6-16-14(11-13)12-21-19(23-16)24-7-9-26-10-8-24/h1-4,12-13H,5-11H2,(H,22,25)/t13-/m1/s1. The number of aryl methyl sites for hydroxylation is 1. The molecule has 0 radical (unpaired) electrons. The Morgan fingerprint density at radius 3 is 2.88 bits per heavy atom. The number of carbonyl (C=O) groups excluding carboxylic acids is 1. The molecule has 4 rings (SSSR count). The summed E-state index contributed by atoms with van der Waals surface area (Å²) in [7, 11) is 0. The van der Waals surface area contributed by atoms with Crippen LogP contribution in [-0.4, -0.2) is 42.2 Å². The number of amides is 1. The van der Waals surface area contributed by atoms with Gasteiger partial charge in [0.1, 0.15) is 0 Å². The minimum absolute atomic E-state index is 0.000931. The van der Waals surface area contributed by atoms with E-state index in [1.807, 2.05) is 24.4 Å². The first-order valence-corrected chi connectivity index (χ1v) is 9.31. The van der Waals surface area contributed by atoms with Gasteiger partial charge < -0.3 is 15.0 Å². The molecule has 1 aliphatic heterocycles. The molecular weight excluding hydrogens is 352 g/mol. The molecule has 0 saturated carbocycles. The zero-order valence-electron chi connectivity index (χ0n) is 14.4. The number of ether oxygens (including phenoxy) is 1.